The maximum absolute atomic E-state index is 12.5. The lowest BCUT2D eigenvalue weighted by Gasteiger charge is -2.19. The third-order valence-corrected chi connectivity index (χ3v) is 5.34. The van der Waals surface area contributed by atoms with Gasteiger partial charge in [-0.15, -0.1) is 11.8 Å². The summed E-state index contributed by atoms with van der Waals surface area (Å²) >= 11 is 1.17. The van der Waals surface area contributed by atoms with Gasteiger partial charge in [0.25, 0.3) is 0 Å². The quantitative estimate of drug-likeness (QED) is 0.281. The van der Waals surface area contributed by atoms with Crippen molar-refractivity contribution in [3.8, 4) is 0 Å². The van der Waals surface area contributed by atoms with E-state index in [1.54, 1.807) is 6.92 Å². The highest BCUT2D eigenvalue weighted by molar-refractivity contribution is 8.04. The Bertz CT molecular complexity index is 618. The summed E-state index contributed by atoms with van der Waals surface area (Å²) in [7, 11) is 2.64. The predicted molar refractivity (Wildman–Crippen MR) is 105 cm³/mol. The summed E-state index contributed by atoms with van der Waals surface area (Å²) in [5.74, 6) is -0.183. The number of hydrogen-bond acceptors (Lipinski definition) is 7. The number of methoxy groups -OCH3 is 2. The van der Waals surface area contributed by atoms with E-state index in [4.69, 9.17) is 14.2 Å². The summed E-state index contributed by atoms with van der Waals surface area (Å²) < 4.78 is 15.2. The number of allylic oxidation sites excluding steroid dienone is 2. The zero-order valence-electron chi connectivity index (χ0n) is 16.9. The second-order valence-corrected chi connectivity index (χ2v) is 7.85. The van der Waals surface area contributed by atoms with Crippen LogP contribution in [0.5, 0.6) is 0 Å². The van der Waals surface area contributed by atoms with Gasteiger partial charge in [0.15, 0.2) is 0 Å². The molecule has 6 nitrogen and oxygen atoms in total. The first kappa shape index (κ1) is 23.3. The Hall–Kier alpha value is -1.76. The van der Waals surface area contributed by atoms with Crippen molar-refractivity contribution in [2.75, 3.05) is 26.6 Å². The predicted octanol–water partition coefficient (Wildman–Crippen LogP) is 3.80. The number of thioether (sulfide) groups is 1. The summed E-state index contributed by atoms with van der Waals surface area (Å²) in [6.07, 6.45) is 4.43. The summed E-state index contributed by atoms with van der Waals surface area (Å²) in [4.78, 5) is 36.8. The number of carbonyl (C=O) groups excluding carboxylic acids is 3. The van der Waals surface area contributed by atoms with Crippen molar-refractivity contribution in [1.29, 1.82) is 0 Å². The minimum Gasteiger partial charge on any atom is -0.489 e. The first-order valence-electron chi connectivity index (χ1n) is 9.24. The lowest BCUT2D eigenvalue weighted by Crippen LogP contribution is -2.24. The molecule has 0 fully saturated rings. The van der Waals surface area contributed by atoms with Gasteiger partial charge in [-0.2, -0.15) is 0 Å². The Morgan fingerprint density at radius 2 is 1.63 bits per heavy atom. The van der Waals surface area contributed by atoms with Crippen LogP contribution in [-0.2, 0) is 28.6 Å². The van der Waals surface area contributed by atoms with Gasteiger partial charge in [-0.05, 0) is 19.3 Å². The third-order valence-electron chi connectivity index (χ3n) is 4.16. The zero-order valence-corrected chi connectivity index (χ0v) is 17.7. The summed E-state index contributed by atoms with van der Waals surface area (Å²) in [6, 6.07) is 0. The molecule has 27 heavy (non-hydrogen) atoms. The van der Waals surface area contributed by atoms with E-state index < -0.39 is 5.78 Å². The van der Waals surface area contributed by atoms with Crippen LogP contribution in [0.4, 0.5) is 0 Å². The average molecular weight is 399 g/mol. The molecule has 0 aromatic carbocycles. The highest BCUT2D eigenvalue weighted by Gasteiger charge is 2.34. The molecule has 0 radical (unpaired) electrons. The average Bonchev–Trinajstić information content (AvgIpc) is 2.63. The van der Waals surface area contributed by atoms with Gasteiger partial charge in [0.05, 0.1) is 32.2 Å². The Balaban J connectivity index is 2.41. The van der Waals surface area contributed by atoms with Crippen molar-refractivity contribution in [3.63, 3.8) is 0 Å². The Labute approximate surface area is 165 Å². The molecular weight excluding hydrogens is 368 g/mol. The molecule has 0 spiro atoms. The molecule has 1 aliphatic carbocycles. The van der Waals surface area contributed by atoms with E-state index >= 15 is 0 Å². The molecule has 0 aromatic heterocycles. The molecule has 0 saturated carbocycles. The molecule has 1 rings (SSSR count). The highest BCUT2D eigenvalue weighted by atomic mass is 32.2. The molecule has 0 heterocycles. The normalized spacial score (nSPS) is 14.9. The Morgan fingerprint density at radius 3 is 2.22 bits per heavy atom. The van der Waals surface area contributed by atoms with Crippen molar-refractivity contribution in [1.82, 2.24) is 0 Å². The molecule has 152 valence electrons. The maximum Gasteiger partial charge on any atom is 0.306 e. The van der Waals surface area contributed by atoms with Crippen LogP contribution >= 0.6 is 11.8 Å². The topological polar surface area (TPSA) is 78.9 Å². The monoisotopic (exact) mass is 398 g/mol. The molecule has 0 unspecified atom stereocenters. The molecule has 0 aromatic rings. The van der Waals surface area contributed by atoms with E-state index in [0.29, 0.717) is 28.8 Å². The van der Waals surface area contributed by atoms with Crippen molar-refractivity contribution < 1.29 is 28.6 Å². The Kier molecular flexibility index (Phi) is 10.2. The van der Waals surface area contributed by atoms with Gasteiger partial charge >= 0.3 is 5.97 Å². The fourth-order valence-electron chi connectivity index (χ4n) is 2.62. The van der Waals surface area contributed by atoms with E-state index in [2.05, 4.69) is 13.8 Å². The fraction of sp³-hybridized carbons (Fsp3) is 0.650. The molecular formula is C20H30O6S. The molecule has 0 N–H and O–H groups in total. The number of unbranched alkanes of at least 4 members (excludes halogenated alkanes) is 2. The van der Waals surface area contributed by atoms with Crippen molar-refractivity contribution in [2.24, 2.45) is 5.92 Å². The third kappa shape index (κ3) is 7.05. The summed E-state index contributed by atoms with van der Waals surface area (Å²) in [6.45, 7) is 6.39. The molecule has 1 aliphatic rings. The largest absolute Gasteiger partial charge is 0.489 e. The zero-order chi connectivity index (χ0) is 20.4. The van der Waals surface area contributed by atoms with Crippen LogP contribution in [0.1, 0.15) is 52.9 Å². The van der Waals surface area contributed by atoms with Gasteiger partial charge in [0, 0.05) is 11.3 Å². The van der Waals surface area contributed by atoms with Gasteiger partial charge in [-0.3, -0.25) is 14.4 Å². The number of hydrogen-bond donors (Lipinski definition) is 0. The van der Waals surface area contributed by atoms with Gasteiger partial charge in [0.1, 0.15) is 0 Å². The first-order chi connectivity index (χ1) is 12.8. The number of rotatable bonds is 12. The molecule has 7 heteroatoms. The number of ketones is 2. The van der Waals surface area contributed by atoms with Crippen LogP contribution < -0.4 is 0 Å². The molecule has 0 atom stereocenters. The van der Waals surface area contributed by atoms with Gasteiger partial charge < -0.3 is 14.2 Å². The molecule has 0 saturated heterocycles. The first-order valence-corrected chi connectivity index (χ1v) is 10.2. The van der Waals surface area contributed by atoms with E-state index in [1.165, 1.54) is 32.4 Å². The van der Waals surface area contributed by atoms with Crippen LogP contribution in [0.2, 0.25) is 0 Å². The smallest absolute Gasteiger partial charge is 0.306 e. The lowest BCUT2D eigenvalue weighted by atomic mass is 10.0. The van der Waals surface area contributed by atoms with Crippen LogP contribution in [0.25, 0.3) is 0 Å². The number of carbonyl (C=O) groups is 3. The molecule has 0 aliphatic heterocycles. The highest BCUT2D eigenvalue weighted by Crippen LogP contribution is 2.32. The SMILES string of the molecule is COC1=C(OC)C(=O)C(SCCC(=O)OCCCCCC(C)C)=C(C)C1=O. The van der Waals surface area contributed by atoms with Crippen LogP contribution in [-0.4, -0.2) is 44.1 Å². The molecule has 0 amide bonds. The van der Waals surface area contributed by atoms with Crippen LogP contribution in [0, 0.1) is 5.92 Å². The summed E-state index contributed by atoms with van der Waals surface area (Å²) in [5, 5.41) is 0. The fourth-order valence-corrected chi connectivity index (χ4v) is 3.63. The minimum atomic E-state index is -0.394. The second kappa shape index (κ2) is 11.8. The molecule has 0 bridgehead atoms. The van der Waals surface area contributed by atoms with Crippen LogP contribution in [0.3, 0.4) is 0 Å². The standard InChI is InChI=1S/C20H30O6S/c1-13(2)9-7-6-8-11-26-15(21)10-12-27-20-14(3)16(22)18(24-4)19(25-5)17(20)23/h13H,6-12H2,1-5H3. The van der Waals surface area contributed by atoms with E-state index in [9.17, 15) is 14.4 Å². The Morgan fingerprint density at radius 1 is 1.00 bits per heavy atom. The van der Waals surface area contributed by atoms with E-state index in [1.807, 2.05) is 0 Å². The van der Waals surface area contributed by atoms with E-state index in [-0.39, 0.29) is 29.7 Å². The van der Waals surface area contributed by atoms with E-state index in [0.717, 1.165) is 19.3 Å². The van der Waals surface area contributed by atoms with Gasteiger partial charge in [-0.25, -0.2) is 0 Å². The summed E-state index contributed by atoms with van der Waals surface area (Å²) in [5.41, 5.74) is 0.307. The van der Waals surface area contributed by atoms with Crippen molar-refractivity contribution in [2.45, 2.75) is 52.9 Å². The second-order valence-electron chi connectivity index (χ2n) is 6.74. The number of Topliss-reactive ketones (excluding diaryl/α,β-unsaturated/α-hetero) is 2. The van der Waals surface area contributed by atoms with Crippen molar-refractivity contribution >= 4 is 29.3 Å². The number of ether oxygens (including phenoxy) is 3. The number of esters is 1. The minimum absolute atomic E-state index is 0.0822. The van der Waals surface area contributed by atoms with Gasteiger partial charge in [0.2, 0.25) is 23.1 Å². The van der Waals surface area contributed by atoms with Crippen molar-refractivity contribution in [3.05, 3.63) is 22.0 Å². The van der Waals surface area contributed by atoms with Gasteiger partial charge in [-0.1, -0.05) is 33.1 Å². The maximum atomic E-state index is 12.5. The van der Waals surface area contributed by atoms with Crippen LogP contribution in [0.15, 0.2) is 22.0 Å². The lowest BCUT2D eigenvalue weighted by molar-refractivity contribution is -0.143.